The highest BCUT2D eigenvalue weighted by Gasteiger charge is 1.34. The number of hydrogen-bond donors (Lipinski definition) is 2. The summed E-state index contributed by atoms with van der Waals surface area (Å²) in [5.41, 5.74) is 0. The largest absolute Gasteiger partial charge is 0.397 e. The summed E-state index contributed by atoms with van der Waals surface area (Å²) in [5, 5.41) is 7.57. The van der Waals surface area contributed by atoms with E-state index in [0.717, 1.165) is 6.29 Å². The van der Waals surface area contributed by atoms with Gasteiger partial charge in [-0.2, -0.15) is 0 Å². The van der Waals surface area contributed by atoms with Gasteiger partial charge in [0, 0.05) is 6.61 Å². The van der Waals surface area contributed by atoms with E-state index in [1.165, 1.54) is 6.92 Å². The molecule has 0 spiro atoms. The highest BCUT2D eigenvalue weighted by atomic mass is 16.2. The van der Waals surface area contributed by atoms with Crippen LogP contribution >= 0.6 is 0 Å². The molecule has 0 aliphatic carbocycles. The highest BCUT2D eigenvalue weighted by molar-refractivity contribution is 5.44. The van der Waals surface area contributed by atoms with Crippen molar-refractivity contribution in [3.63, 3.8) is 0 Å². The molecule has 7 heavy (non-hydrogen) atoms. The quantitative estimate of drug-likeness (QED) is 0.439. The first kappa shape index (κ1) is 16.0. The second-order valence-electron chi connectivity index (χ2n) is 0.552. The Labute approximate surface area is 43.9 Å². The van der Waals surface area contributed by atoms with Gasteiger partial charge >= 0.3 is 0 Å². The minimum atomic E-state index is 0. The molecule has 3 heteroatoms. The van der Waals surface area contributed by atoms with E-state index in [9.17, 15) is 0 Å². The fourth-order valence-electron chi connectivity index (χ4n) is 0. The fourth-order valence-corrected chi connectivity index (χ4v) is 0. The number of aldehydes is 1. The first-order chi connectivity index (χ1) is 2.83. The number of aliphatic hydroxyl groups is 1. The van der Waals surface area contributed by atoms with Crippen LogP contribution in [0.4, 0.5) is 0 Å². The van der Waals surface area contributed by atoms with Gasteiger partial charge in [0.25, 0.3) is 0 Å². The first-order valence-electron chi connectivity index (χ1n) is 1.84. The summed E-state index contributed by atoms with van der Waals surface area (Å²) in [4.78, 5) is 8.81. The van der Waals surface area contributed by atoms with E-state index in [2.05, 4.69) is 0 Å². The van der Waals surface area contributed by atoms with Crippen molar-refractivity contribution >= 4 is 6.29 Å². The second-order valence-corrected chi connectivity index (χ2v) is 0.552. The number of rotatable bonds is 0. The second kappa shape index (κ2) is 46.6. The zero-order chi connectivity index (χ0) is 5.41. The molecule has 0 atom stereocenters. The Morgan fingerprint density at radius 3 is 1.71 bits per heavy atom. The fraction of sp³-hybridized carbons (Fsp3) is 0.750. The Bertz CT molecular complexity index is 23.7. The third kappa shape index (κ3) is 429. The third-order valence-corrected chi connectivity index (χ3v) is 0. The predicted octanol–water partition coefficient (Wildman–Crippen LogP) is 0.366. The molecule has 0 saturated carbocycles. The summed E-state index contributed by atoms with van der Waals surface area (Å²) in [6.07, 6.45) is 0.750. The van der Waals surface area contributed by atoms with Gasteiger partial charge < -0.3 is 16.1 Å². The van der Waals surface area contributed by atoms with Crippen molar-refractivity contribution in [3.8, 4) is 0 Å². The van der Waals surface area contributed by atoms with E-state index < -0.39 is 0 Å². The van der Waals surface area contributed by atoms with E-state index in [4.69, 9.17) is 9.90 Å². The van der Waals surface area contributed by atoms with Crippen LogP contribution in [-0.2, 0) is 4.79 Å². The van der Waals surface area contributed by atoms with E-state index in [1.54, 1.807) is 6.92 Å². The van der Waals surface area contributed by atoms with Crippen LogP contribution in [0.5, 0.6) is 0 Å². The SMILES string of the molecule is CC=O.CCO.N. The lowest BCUT2D eigenvalue weighted by atomic mass is 10.9. The van der Waals surface area contributed by atoms with Crippen molar-refractivity contribution in [2.24, 2.45) is 0 Å². The van der Waals surface area contributed by atoms with Gasteiger partial charge in [0.05, 0.1) is 0 Å². The van der Waals surface area contributed by atoms with Crippen molar-refractivity contribution in [1.82, 2.24) is 6.15 Å². The molecular weight excluding hydrogens is 94.0 g/mol. The Morgan fingerprint density at radius 2 is 1.71 bits per heavy atom. The van der Waals surface area contributed by atoms with Gasteiger partial charge in [0.15, 0.2) is 0 Å². The maximum atomic E-state index is 8.81. The monoisotopic (exact) mass is 107 g/mol. The molecule has 0 radical (unpaired) electrons. The summed E-state index contributed by atoms with van der Waals surface area (Å²) >= 11 is 0. The zero-order valence-corrected chi connectivity index (χ0v) is 4.85. The van der Waals surface area contributed by atoms with Crippen molar-refractivity contribution in [1.29, 1.82) is 0 Å². The molecular formula is C4H13NO2. The van der Waals surface area contributed by atoms with Gasteiger partial charge in [0.2, 0.25) is 0 Å². The normalized spacial score (nSPS) is 4.43. The summed E-state index contributed by atoms with van der Waals surface area (Å²) in [6.45, 7) is 3.38. The Kier molecular flexibility index (Phi) is 106. The topological polar surface area (TPSA) is 72.3 Å². The molecule has 0 aromatic rings. The van der Waals surface area contributed by atoms with Crippen LogP contribution in [0.3, 0.4) is 0 Å². The molecule has 3 nitrogen and oxygen atoms in total. The molecule has 46 valence electrons. The minimum Gasteiger partial charge on any atom is -0.397 e. The van der Waals surface area contributed by atoms with E-state index >= 15 is 0 Å². The third-order valence-electron chi connectivity index (χ3n) is 0. The Balaban J connectivity index is -0.0000000400. The number of hydrogen-bond acceptors (Lipinski definition) is 3. The Morgan fingerprint density at radius 1 is 1.71 bits per heavy atom. The molecule has 0 rings (SSSR count). The van der Waals surface area contributed by atoms with Crippen LogP contribution in [0.25, 0.3) is 0 Å². The molecule has 0 aliphatic rings. The molecule has 0 aromatic heterocycles. The lowest BCUT2D eigenvalue weighted by Gasteiger charge is -1.52. The molecule has 0 saturated heterocycles. The van der Waals surface area contributed by atoms with Gasteiger partial charge in [0.1, 0.15) is 6.29 Å². The van der Waals surface area contributed by atoms with Gasteiger partial charge in [-0.15, -0.1) is 0 Å². The zero-order valence-electron chi connectivity index (χ0n) is 4.85. The molecule has 0 unspecified atom stereocenters. The van der Waals surface area contributed by atoms with Gasteiger partial charge in [-0.25, -0.2) is 0 Å². The highest BCUT2D eigenvalue weighted by Crippen LogP contribution is 1.30. The van der Waals surface area contributed by atoms with Gasteiger partial charge in [-0.05, 0) is 13.8 Å². The smallest absolute Gasteiger partial charge is 0.116 e. The lowest BCUT2D eigenvalue weighted by Crippen LogP contribution is -1.57. The maximum Gasteiger partial charge on any atom is 0.116 e. The van der Waals surface area contributed by atoms with Crippen molar-refractivity contribution in [2.75, 3.05) is 6.61 Å². The van der Waals surface area contributed by atoms with Gasteiger partial charge in [-0.3, -0.25) is 0 Å². The van der Waals surface area contributed by atoms with Crippen LogP contribution in [0.15, 0.2) is 0 Å². The molecule has 4 N–H and O–H groups in total. The molecule has 0 amide bonds. The van der Waals surface area contributed by atoms with Crippen molar-refractivity contribution in [3.05, 3.63) is 0 Å². The number of carbonyl (C=O) groups excluding carboxylic acids is 1. The average molecular weight is 107 g/mol. The van der Waals surface area contributed by atoms with Crippen LogP contribution in [0.2, 0.25) is 0 Å². The minimum absolute atomic E-state index is 0. The summed E-state index contributed by atoms with van der Waals surface area (Å²) < 4.78 is 0. The van der Waals surface area contributed by atoms with Crippen molar-refractivity contribution in [2.45, 2.75) is 13.8 Å². The average Bonchev–Trinajstić information content (AvgIpc) is 1.39. The number of aliphatic hydroxyl groups excluding tert-OH is 1. The molecule has 0 aromatic carbocycles. The van der Waals surface area contributed by atoms with Crippen LogP contribution in [-0.4, -0.2) is 18.0 Å². The van der Waals surface area contributed by atoms with E-state index in [0.29, 0.717) is 0 Å². The van der Waals surface area contributed by atoms with Crippen LogP contribution in [0.1, 0.15) is 13.8 Å². The standard InChI is InChI=1S/C2H6O.C2H4O.H3N/c2*1-2-3;/h3H,2H2,1H3;2H,1H3;1H3. The molecule has 0 fully saturated rings. The summed E-state index contributed by atoms with van der Waals surface area (Å²) in [7, 11) is 0. The van der Waals surface area contributed by atoms with Crippen LogP contribution < -0.4 is 6.15 Å². The lowest BCUT2D eigenvalue weighted by molar-refractivity contribution is -0.106. The predicted molar refractivity (Wildman–Crippen MR) is 29.5 cm³/mol. The summed E-state index contributed by atoms with van der Waals surface area (Å²) in [5.74, 6) is 0. The summed E-state index contributed by atoms with van der Waals surface area (Å²) in [6, 6.07) is 0. The van der Waals surface area contributed by atoms with Crippen molar-refractivity contribution < 1.29 is 9.90 Å². The molecule has 0 bridgehead atoms. The van der Waals surface area contributed by atoms with E-state index in [-0.39, 0.29) is 12.8 Å². The van der Waals surface area contributed by atoms with Crippen LogP contribution in [0, 0.1) is 0 Å². The number of carbonyl (C=O) groups is 1. The Hall–Kier alpha value is -0.410. The molecule has 0 heterocycles. The maximum absolute atomic E-state index is 8.81. The molecule has 0 aliphatic heterocycles. The van der Waals surface area contributed by atoms with Gasteiger partial charge in [-0.1, -0.05) is 0 Å². The first-order valence-corrected chi connectivity index (χ1v) is 1.84. The van der Waals surface area contributed by atoms with E-state index in [1.807, 2.05) is 0 Å².